The molecular formula is C19H18Cl2N2O4S. The van der Waals surface area contributed by atoms with Gasteiger partial charge in [0.05, 0.1) is 21.9 Å². The second-order valence-corrected chi connectivity index (χ2v) is 9.95. The molecular weight excluding hydrogens is 423 g/mol. The normalized spacial score (nSPS) is 17.6. The van der Waals surface area contributed by atoms with Gasteiger partial charge in [-0.25, -0.2) is 12.7 Å². The first-order valence-electron chi connectivity index (χ1n) is 8.37. The van der Waals surface area contributed by atoms with E-state index in [-0.39, 0.29) is 22.0 Å². The molecule has 0 radical (unpaired) electrons. The third-order valence-corrected chi connectivity index (χ3v) is 7.02. The number of anilines is 2. The Morgan fingerprint density at radius 2 is 1.82 bits per heavy atom. The van der Waals surface area contributed by atoms with Crippen molar-refractivity contribution >= 4 is 56.4 Å². The zero-order valence-electron chi connectivity index (χ0n) is 15.4. The van der Waals surface area contributed by atoms with Crippen molar-refractivity contribution in [2.24, 2.45) is 5.41 Å². The number of aryl methyl sites for hydroxylation is 1. The van der Waals surface area contributed by atoms with Crippen LogP contribution in [0, 0.1) is 12.3 Å². The maximum Gasteiger partial charge on any atom is 0.255 e. The van der Waals surface area contributed by atoms with Crippen molar-refractivity contribution in [1.29, 1.82) is 0 Å². The number of hydrogen-bond acceptors (Lipinski definition) is 4. The molecule has 0 aliphatic carbocycles. The van der Waals surface area contributed by atoms with E-state index in [4.69, 9.17) is 23.2 Å². The van der Waals surface area contributed by atoms with Crippen molar-refractivity contribution in [2.45, 2.75) is 20.8 Å². The predicted molar refractivity (Wildman–Crippen MR) is 111 cm³/mol. The molecule has 0 saturated carbocycles. The van der Waals surface area contributed by atoms with Crippen molar-refractivity contribution < 1.29 is 18.0 Å². The highest BCUT2D eigenvalue weighted by Gasteiger charge is 2.50. The molecule has 9 heteroatoms. The van der Waals surface area contributed by atoms with Crippen LogP contribution in [-0.2, 0) is 14.8 Å². The van der Waals surface area contributed by atoms with E-state index in [1.165, 1.54) is 18.2 Å². The number of halogens is 2. The summed E-state index contributed by atoms with van der Waals surface area (Å²) in [6.45, 7) is 4.93. The lowest BCUT2D eigenvalue weighted by atomic mass is 9.95. The van der Waals surface area contributed by atoms with Crippen LogP contribution in [0.1, 0.15) is 29.8 Å². The monoisotopic (exact) mass is 440 g/mol. The van der Waals surface area contributed by atoms with Gasteiger partial charge in [-0.3, -0.25) is 9.59 Å². The Kier molecular flexibility index (Phi) is 5.20. The maximum atomic E-state index is 12.7. The highest BCUT2D eigenvalue weighted by Crippen LogP contribution is 2.39. The van der Waals surface area contributed by atoms with Gasteiger partial charge in [0.25, 0.3) is 5.91 Å². The minimum Gasteiger partial charge on any atom is -0.322 e. The van der Waals surface area contributed by atoms with Crippen molar-refractivity contribution in [3.8, 4) is 0 Å². The second-order valence-electron chi connectivity index (χ2n) is 7.29. The molecule has 1 aliphatic heterocycles. The summed E-state index contributed by atoms with van der Waals surface area (Å²) >= 11 is 12.1. The summed E-state index contributed by atoms with van der Waals surface area (Å²) in [5, 5.41) is 3.26. The van der Waals surface area contributed by atoms with E-state index in [1.54, 1.807) is 32.0 Å². The lowest BCUT2D eigenvalue weighted by molar-refractivity contribution is -0.123. The van der Waals surface area contributed by atoms with Gasteiger partial charge in [-0.15, -0.1) is 0 Å². The van der Waals surface area contributed by atoms with Crippen LogP contribution in [0.25, 0.3) is 0 Å². The number of carbonyl (C=O) groups excluding carboxylic acids is 2. The standard InChI is InChI=1S/C19H18Cl2N2O4S/c1-11-4-6-13(20)9-15(11)22-17(24)12-5-7-14(21)16(8-12)23-18(25)19(2,3)10-28(23,26)27/h4-9H,10H2,1-3H3,(H,22,24). The first-order valence-corrected chi connectivity index (χ1v) is 10.7. The molecule has 0 atom stereocenters. The van der Waals surface area contributed by atoms with Gasteiger partial charge in [0.1, 0.15) is 0 Å². The molecule has 1 heterocycles. The summed E-state index contributed by atoms with van der Waals surface area (Å²) in [5.74, 6) is -1.39. The quantitative estimate of drug-likeness (QED) is 0.772. The van der Waals surface area contributed by atoms with Gasteiger partial charge in [-0.2, -0.15) is 0 Å². The summed E-state index contributed by atoms with van der Waals surface area (Å²) in [6, 6.07) is 9.24. The van der Waals surface area contributed by atoms with Crippen molar-refractivity contribution in [3.63, 3.8) is 0 Å². The van der Waals surface area contributed by atoms with Gasteiger partial charge >= 0.3 is 0 Å². The van der Waals surface area contributed by atoms with E-state index in [0.717, 1.165) is 5.56 Å². The number of sulfonamides is 1. The number of carbonyl (C=O) groups is 2. The van der Waals surface area contributed by atoms with Crippen LogP contribution in [0.4, 0.5) is 11.4 Å². The molecule has 6 nitrogen and oxygen atoms in total. The lowest BCUT2D eigenvalue weighted by Gasteiger charge is -2.19. The number of rotatable bonds is 3. The fourth-order valence-electron chi connectivity index (χ4n) is 2.98. The molecule has 28 heavy (non-hydrogen) atoms. The topological polar surface area (TPSA) is 83.6 Å². The maximum absolute atomic E-state index is 12.7. The SMILES string of the molecule is Cc1ccc(Cl)cc1NC(=O)c1ccc(Cl)c(N2C(=O)C(C)(C)CS2(=O)=O)c1. The van der Waals surface area contributed by atoms with Crippen LogP contribution in [0.15, 0.2) is 36.4 Å². The third kappa shape index (κ3) is 3.74. The molecule has 0 bridgehead atoms. The number of nitrogens with one attached hydrogen (secondary N) is 1. The second kappa shape index (κ2) is 7.06. The van der Waals surface area contributed by atoms with Crippen molar-refractivity contribution in [1.82, 2.24) is 0 Å². The van der Waals surface area contributed by atoms with Gasteiger partial charge in [-0.1, -0.05) is 29.3 Å². The highest BCUT2D eigenvalue weighted by molar-refractivity contribution is 7.94. The molecule has 0 unspecified atom stereocenters. The molecule has 2 aromatic carbocycles. The van der Waals surface area contributed by atoms with Crippen LogP contribution < -0.4 is 9.62 Å². The Morgan fingerprint density at radius 3 is 2.43 bits per heavy atom. The highest BCUT2D eigenvalue weighted by atomic mass is 35.5. The van der Waals surface area contributed by atoms with Gasteiger partial charge in [-0.05, 0) is 56.7 Å². The number of nitrogens with zero attached hydrogens (tertiary/aromatic N) is 1. The van der Waals surface area contributed by atoms with E-state index in [0.29, 0.717) is 15.0 Å². The van der Waals surface area contributed by atoms with Crippen molar-refractivity contribution in [3.05, 3.63) is 57.6 Å². The smallest absolute Gasteiger partial charge is 0.255 e. The largest absolute Gasteiger partial charge is 0.322 e. The first-order chi connectivity index (χ1) is 12.9. The lowest BCUT2D eigenvalue weighted by Crippen LogP contribution is -2.33. The Bertz CT molecular complexity index is 1100. The first kappa shape index (κ1) is 20.6. The molecule has 0 spiro atoms. The average Bonchev–Trinajstić information content (AvgIpc) is 2.75. The van der Waals surface area contributed by atoms with E-state index in [9.17, 15) is 18.0 Å². The number of hydrogen-bond donors (Lipinski definition) is 1. The van der Waals surface area contributed by atoms with E-state index in [2.05, 4.69) is 5.32 Å². The molecule has 148 valence electrons. The summed E-state index contributed by atoms with van der Waals surface area (Å²) in [7, 11) is -3.88. The van der Waals surface area contributed by atoms with Gasteiger partial charge in [0.15, 0.2) is 0 Å². The van der Waals surface area contributed by atoms with Crippen LogP contribution in [0.2, 0.25) is 10.0 Å². The summed E-state index contributed by atoms with van der Waals surface area (Å²) in [5.41, 5.74) is 0.392. The third-order valence-electron chi connectivity index (χ3n) is 4.46. The summed E-state index contributed by atoms with van der Waals surface area (Å²) < 4.78 is 25.7. The zero-order chi connectivity index (χ0) is 20.9. The Balaban J connectivity index is 1.99. The molecule has 2 amide bonds. The van der Waals surface area contributed by atoms with Gasteiger partial charge in [0, 0.05) is 16.3 Å². The predicted octanol–water partition coefficient (Wildman–Crippen LogP) is 4.26. The Labute approximate surface area is 173 Å². The summed E-state index contributed by atoms with van der Waals surface area (Å²) in [4.78, 5) is 25.3. The Morgan fingerprint density at radius 1 is 1.14 bits per heavy atom. The molecule has 0 aromatic heterocycles. The molecule has 1 aliphatic rings. The fraction of sp³-hybridized carbons (Fsp3) is 0.263. The van der Waals surface area contributed by atoms with E-state index >= 15 is 0 Å². The van der Waals surface area contributed by atoms with Crippen LogP contribution in [0.5, 0.6) is 0 Å². The minimum absolute atomic E-state index is 0.0345. The molecule has 1 N–H and O–H groups in total. The van der Waals surface area contributed by atoms with E-state index in [1.807, 2.05) is 6.92 Å². The van der Waals surface area contributed by atoms with Crippen LogP contribution in [0.3, 0.4) is 0 Å². The fourth-order valence-corrected chi connectivity index (χ4v) is 5.52. The number of benzene rings is 2. The molecule has 1 fully saturated rings. The zero-order valence-corrected chi connectivity index (χ0v) is 17.7. The van der Waals surface area contributed by atoms with Gasteiger partial charge < -0.3 is 5.32 Å². The number of amides is 2. The minimum atomic E-state index is -3.88. The van der Waals surface area contributed by atoms with Crippen molar-refractivity contribution in [2.75, 3.05) is 15.4 Å². The molecule has 2 aromatic rings. The van der Waals surface area contributed by atoms with Gasteiger partial charge in [0.2, 0.25) is 15.9 Å². The molecule has 3 rings (SSSR count). The van der Waals surface area contributed by atoms with Crippen LogP contribution >= 0.6 is 23.2 Å². The summed E-state index contributed by atoms with van der Waals surface area (Å²) in [6.07, 6.45) is 0. The van der Waals surface area contributed by atoms with E-state index < -0.39 is 27.3 Å². The average molecular weight is 441 g/mol. The Hall–Kier alpha value is -2.09. The molecule has 1 saturated heterocycles. The van der Waals surface area contributed by atoms with Crippen LogP contribution in [-0.4, -0.2) is 26.0 Å².